The van der Waals surface area contributed by atoms with Crippen LogP contribution in [0.3, 0.4) is 0 Å². The van der Waals surface area contributed by atoms with Crippen LogP contribution in [0.5, 0.6) is 5.75 Å². The zero-order chi connectivity index (χ0) is 14.6. The molecule has 1 N–H and O–H groups in total. The van der Waals surface area contributed by atoms with Crippen molar-refractivity contribution in [1.29, 1.82) is 0 Å². The molecule has 0 saturated carbocycles. The zero-order valence-corrected chi connectivity index (χ0v) is 12.7. The lowest BCUT2D eigenvalue weighted by Gasteiger charge is -2.23. The van der Waals surface area contributed by atoms with Gasteiger partial charge in [0.25, 0.3) is 0 Å². The van der Waals surface area contributed by atoms with Crippen molar-refractivity contribution < 1.29 is 14.3 Å². The summed E-state index contributed by atoms with van der Waals surface area (Å²) in [6.45, 7) is 7.22. The third-order valence-electron chi connectivity index (χ3n) is 2.29. The van der Waals surface area contributed by atoms with Crippen LogP contribution in [0, 0.1) is 0 Å². The van der Waals surface area contributed by atoms with Crippen LogP contribution in [0.1, 0.15) is 27.7 Å². The van der Waals surface area contributed by atoms with Crippen molar-refractivity contribution in [2.45, 2.75) is 39.3 Å². The fourth-order valence-electron chi connectivity index (χ4n) is 1.48. The summed E-state index contributed by atoms with van der Waals surface area (Å²) >= 11 is 5.93. The molecule has 0 spiro atoms. The minimum absolute atomic E-state index is 0.325. The number of ether oxygens (including phenoxy) is 2. The molecule has 1 aromatic carbocycles. The molecule has 0 aliphatic heterocycles. The average molecular weight is 286 g/mol. The van der Waals surface area contributed by atoms with Gasteiger partial charge < -0.3 is 14.8 Å². The van der Waals surface area contributed by atoms with E-state index in [9.17, 15) is 4.79 Å². The van der Waals surface area contributed by atoms with E-state index < -0.39 is 11.6 Å². The molecule has 0 fully saturated rings. The van der Waals surface area contributed by atoms with Crippen molar-refractivity contribution in [2.24, 2.45) is 0 Å². The largest absolute Gasteiger partial charge is 0.495 e. The van der Waals surface area contributed by atoms with Crippen LogP contribution in [0.4, 0.5) is 5.69 Å². The number of carbonyl (C=O) groups is 1. The van der Waals surface area contributed by atoms with E-state index in [1.807, 2.05) is 20.8 Å². The Balaban J connectivity index is 2.79. The lowest BCUT2D eigenvalue weighted by atomic mass is 10.2. The van der Waals surface area contributed by atoms with Gasteiger partial charge in [-0.15, -0.1) is 0 Å². The second kappa shape index (κ2) is 6.15. The monoisotopic (exact) mass is 285 g/mol. The number of esters is 1. The fourth-order valence-corrected chi connectivity index (χ4v) is 1.65. The molecule has 4 nitrogen and oxygen atoms in total. The third kappa shape index (κ3) is 4.99. The van der Waals surface area contributed by atoms with Crippen LogP contribution in [-0.2, 0) is 9.53 Å². The topological polar surface area (TPSA) is 47.6 Å². The Morgan fingerprint density at radius 1 is 1.37 bits per heavy atom. The van der Waals surface area contributed by atoms with Gasteiger partial charge in [-0.3, -0.25) is 0 Å². The first-order chi connectivity index (χ1) is 8.73. The summed E-state index contributed by atoms with van der Waals surface area (Å²) < 4.78 is 10.5. The number of anilines is 1. The summed E-state index contributed by atoms with van der Waals surface area (Å²) in [6.07, 6.45) is 0. The molecule has 1 atom stereocenters. The smallest absolute Gasteiger partial charge is 0.328 e. The minimum atomic E-state index is -0.508. The fraction of sp³-hybridized carbons (Fsp3) is 0.500. The third-order valence-corrected chi connectivity index (χ3v) is 2.53. The average Bonchev–Trinajstić information content (AvgIpc) is 2.27. The molecule has 0 amide bonds. The predicted molar refractivity (Wildman–Crippen MR) is 76.9 cm³/mol. The van der Waals surface area contributed by atoms with E-state index in [0.717, 1.165) is 0 Å². The first kappa shape index (κ1) is 15.6. The second-order valence-electron chi connectivity index (χ2n) is 5.24. The summed E-state index contributed by atoms with van der Waals surface area (Å²) in [6, 6.07) is 4.68. The number of rotatable bonds is 4. The Morgan fingerprint density at radius 3 is 2.53 bits per heavy atom. The maximum absolute atomic E-state index is 11.9. The Kier molecular flexibility index (Phi) is 5.06. The zero-order valence-electron chi connectivity index (χ0n) is 11.9. The highest BCUT2D eigenvalue weighted by molar-refractivity contribution is 6.30. The lowest BCUT2D eigenvalue weighted by molar-refractivity contribution is -0.155. The standard InChI is InChI=1S/C14H20ClNO3/c1-9(13(17)19-14(2,3)4)16-11-8-10(15)6-7-12(11)18-5/h6-9,16H,1-5H3. The van der Waals surface area contributed by atoms with Gasteiger partial charge in [0.05, 0.1) is 12.8 Å². The van der Waals surface area contributed by atoms with Crippen LogP contribution >= 0.6 is 11.6 Å². The van der Waals surface area contributed by atoms with E-state index in [1.165, 1.54) is 0 Å². The summed E-state index contributed by atoms with van der Waals surface area (Å²) in [7, 11) is 1.56. The number of methoxy groups -OCH3 is 1. The highest BCUT2D eigenvalue weighted by Gasteiger charge is 2.22. The van der Waals surface area contributed by atoms with Crippen molar-refractivity contribution in [3.05, 3.63) is 23.2 Å². The van der Waals surface area contributed by atoms with Gasteiger partial charge >= 0.3 is 5.97 Å². The molecule has 0 bridgehead atoms. The molecule has 5 heteroatoms. The number of nitrogens with one attached hydrogen (secondary N) is 1. The van der Waals surface area contributed by atoms with Gasteiger partial charge in [0.15, 0.2) is 0 Å². The van der Waals surface area contributed by atoms with Crippen LogP contribution in [0.15, 0.2) is 18.2 Å². The number of hydrogen-bond donors (Lipinski definition) is 1. The van der Waals surface area contributed by atoms with E-state index in [0.29, 0.717) is 16.5 Å². The molecule has 0 heterocycles. The molecule has 0 aliphatic rings. The molecule has 0 aliphatic carbocycles. The van der Waals surface area contributed by atoms with Gasteiger partial charge in [-0.05, 0) is 45.9 Å². The van der Waals surface area contributed by atoms with Gasteiger partial charge in [0, 0.05) is 5.02 Å². The minimum Gasteiger partial charge on any atom is -0.495 e. The molecule has 1 rings (SSSR count). The van der Waals surface area contributed by atoms with E-state index in [2.05, 4.69) is 5.32 Å². The molecule has 0 radical (unpaired) electrons. The molecular weight excluding hydrogens is 266 g/mol. The maximum atomic E-state index is 11.9. The van der Waals surface area contributed by atoms with Crippen molar-refractivity contribution in [1.82, 2.24) is 0 Å². The first-order valence-electron chi connectivity index (χ1n) is 6.06. The Bertz CT molecular complexity index is 454. The van der Waals surface area contributed by atoms with Gasteiger partial charge in [-0.1, -0.05) is 11.6 Å². The van der Waals surface area contributed by atoms with Crippen molar-refractivity contribution in [3.8, 4) is 5.75 Å². The van der Waals surface area contributed by atoms with Gasteiger partial charge in [0.1, 0.15) is 17.4 Å². The van der Waals surface area contributed by atoms with Gasteiger partial charge in [-0.2, -0.15) is 0 Å². The van der Waals surface area contributed by atoms with Gasteiger partial charge in [0.2, 0.25) is 0 Å². The highest BCUT2D eigenvalue weighted by atomic mass is 35.5. The lowest BCUT2D eigenvalue weighted by Crippen LogP contribution is -2.34. The first-order valence-corrected chi connectivity index (χ1v) is 6.43. The molecular formula is C14H20ClNO3. The van der Waals surface area contributed by atoms with Crippen molar-refractivity contribution in [2.75, 3.05) is 12.4 Å². The molecule has 0 saturated heterocycles. The number of halogens is 1. The predicted octanol–water partition coefficient (Wildman–Crippen LogP) is 3.49. The summed E-state index contributed by atoms with van der Waals surface area (Å²) in [5.41, 5.74) is 0.152. The van der Waals surface area contributed by atoms with E-state index in [1.54, 1.807) is 32.2 Å². The van der Waals surface area contributed by atoms with Crippen LogP contribution in [-0.4, -0.2) is 24.7 Å². The molecule has 0 aromatic heterocycles. The van der Waals surface area contributed by atoms with Crippen molar-refractivity contribution >= 4 is 23.3 Å². The van der Waals surface area contributed by atoms with Crippen LogP contribution in [0.2, 0.25) is 5.02 Å². The van der Waals surface area contributed by atoms with E-state index >= 15 is 0 Å². The quantitative estimate of drug-likeness (QED) is 0.860. The molecule has 1 aromatic rings. The summed E-state index contributed by atoms with van der Waals surface area (Å²) in [4.78, 5) is 11.9. The van der Waals surface area contributed by atoms with Gasteiger partial charge in [-0.25, -0.2) is 4.79 Å². The summed E-state index contributed by atoms with van der Waals surface area (Å²) in [5.74, 6) is 0.300. The number of hydrogen-bond acceptors (Lipinski definition) is 4. The molecule has 19 heavy (non-hydrogen) atoms. The van der Waals surface area contributed by atoms with Crippen LogP contribution in [0.25, 0.3) is 0 Å². The Labute approximate surface area is 119 Å². The Hall–Kier alpha value is -1.42. The van der Waals surface area contributed by atoms with E-state index in [-0.39, 0.29) is 5.97 Å². The number of benzene rings is 1. The SMILES string of the molecule is COc1ccc(Cl)cc1NC(C)C(=O)OC(C)(C)C. The van der Waals surface area contributed by atoms with Crippen LogP contribution < -0.4 is 10.1 Å². The highest BCUT2D eigenvalue weighted by Crippen LogP contribution is 2.28. The summed E-state index contributed by atoms with van der Waals surface area (Å²) in [5, 5.41) is 3.61. The normalized spacial score (nSPS) is 12.7. The maximum Gasteiger partial charge on any atom is 0.328 e. The Morgan fingerprint density at radius 2 is 2.00 bits per heavy atom. The molecule has 106 valence electrons. The second-order valence-corrected chi connectivity index (χ2v) is 5.68. The van der Waals surface area contributed by atoms with E-state index in [4.69, 9.17) is 21.1 Å². The molecule has 1 unspecified atom stereocenters. The van der Waals surface area contributed by atoms with Crippen molar-refractivity contribution in [3.63, 3.8) is 0 Å². The number of carbonyl (C=O) groups excluding carboxylic acids is 1.